The minimum Gasteiger partial charge on any atom is -0.370 e. The molecule has 4 atom stereocenters. The zero-order valence-electron chi connectivity index (χ0n) is 23.1. The summed E-state index contributed by atoms with van der Waals surface area (Å²) >= 11 is 0. The third kappa shape index (κ3) is 13.2. The maximum Gasteiger partial charge on any atom is 0.243 e. The first-order valence-electron chi connectivity index (χ1n) is 13.5. The van der Waals surface area contributed by atoms with E-state index in [0.29, 0.717) is 6.29 Å². The number of carbonyl (C=O) groups excluding carboxylic acids is 7. The van der Waals surface area contributed by atoms with E-state index in [9.17, 15) is 33.6 Å². The molecule has 0 aromatic rings. The van der Waals surface area contributed by atoms with E-state index in [4.69, 9.17) is 11.5 Å². The van der Waals surface area contributed by atoms with Crippen molar-refractivity contribution in [2.45, 2.75) is 109 Å². The highest BCUT2D eigenvalue weighted by atomic mass is 16.2. The van der Waals surface area contributed by atoms with E-state index in [1.165, 1.54) is 6.92 Å². The SMILES string of the molecule is CC(=O)NC(CCC(N)=O)C(=O)N[C@@H](CC1CCCCC1)C(=O)NC(CC=O)C(=O)N[C@@H](CC(C)C)C(N)=O. The summed E-state index contributed by atoms with van der Waals surface area (Å²) < 4.78 is 0. The molecule has 1 rings (SSSR count). The molecule has 0 heterocycles. The van der Waals surface area contributed by atoms with Gasteiger partial charge in [0.05, 0.1) is 0 Å². The van der Waals surface area contributed by atoms with Crippen LogP contribution in [0.5, 0.6) is 0 Å². The van der Waals surface area contributed by atoms with Gasteiger partial charge in [-0.25, -0.2) is 0 Å². The second kappa shape index (κ2) is 17.2. The van der Waals surface area contributed by atoms with Crippen LogP contribution in [0.2, 0.25) is 0 Å². The van der Waals surface area contributed by atoms with Gasteiger partial charge in [-0.3, -0.25) is 28.8 Å². The third-order valence-electron chi connectivity index (χ3n) is 6.63. The molecule has 39 heavy (non-hydrogen) atoms. The Morgan fingerprint density at radius 2 is 1.33 bits per heavy atom. The Hall–Kier alpha value is -3.51. The van der Waals surface area contributed by atoms with E-state index in [-0.39, 0.29) is 43.9 Å². The fourth-order valence-electron chi connectivity index (χ4n) is 4.65. The lowest BCUT2D eigenvalue weighted by Crippen LogP contribution is -2.58. The Morgan fingerprint density at radius 3 is 1.85 bits per heavy atom. The van der Waals surface area contributed by atoms with E-state index in [2.05, 4.69) is 21.3 Å². The minimum absolute atomic E-state index is 0.0446. The van der Waals surface area contributed by atoms with Gasteiger partial charge in [0, 0.05) is 19.8 Å². The zero-order chi connectivity index (χ0) is 29.5. The molecule has 220 valence electrons. The van der Waals surface area contributed by atoms with Crippen molar-refractivity contribution in [1.82, 2.24) is 21.3 Å². The van der Waals surface area contributed by atoms with Gasteiger partial charge in [-0.05, 0) is 31.1 Å². The predicted octanol–water partition coefficient (Wildman–Crippen LogP) is -0.698. The van der Waals surface area contributed by atoms with Crippen molar-refractivity contribution >= 4 is 41.7 Å². The standard InChI is InChI=1S/C26H44N6O7/c1-15(2)13-20(23(28)36)31-25(38)19(11-12-33)30-26(39)21(14-17-7-5-4-6-8-17)32-24(37)18(29-16(3)34)9-10-22(27)35/h12,15,17-21H,4-11,13-14H2,1-3H3,(H2,27,35)(H2,28,36)(H,29,34)(H,30,39)(H,31,38)(H,32,37)/t18?,19?,20-,21-/m0/s1. The highest BCUT2D eigenvalue weighted by molar-refractivity contribution is 5.96. The number of nitrogens with two attached hydrogens (primary N) is 2. The number of primary amides is 2. The first-order valence-corrected chi connectivity index (χ1v) is 13.5. The number of carbonyl (C=O) groups is 7. The van der Waals surface area contributed by atoms with E-state index in [1.54, 1.807) is 0 Å². The van der Waals surface area contributed by atoms with E-state index in [1.807, 2.05) is 13.8 Å². The van der Waals surface area contributed by atoms with Crippen LogP contribution in [0.1, 0.15) is 85.0 Å². The first-order chi connectivity index (χ1) is 18.3. The van der Waals surface area contributed by atoms with Crippen LogP contribution in [-0.2, 0) is 33.6 Å². The number of aldehydes is 1. The second-order valence-electron chi connectivity index (χ2n) is 10.6. The maximum absolute atomic E-state index is 13.4. The Kier molecular flexibility index (Phi) is 14.7. The van der Waals surface area contributed by atoms with Gasteiger partial charge in [0.1, 0.15) is 30.5 Å². The van der Waals surface area contributed by atoms with Gasteiger partial charge < -0.3 is 37.5 Å². The van der Waals surface area contributed by atoms with Crippen molar-refractivity contribution in [3.05, 3.63) is 0 Å². The molecule has 0 aromatic heterocycles. The molecule has 13 nitrogen and oxygen atoms in total. The second-order valence-corrected chi connectivity index (χ2v) is 10.6. The van der Waals surface area contributed by atoms with Crippen LogP contribution in [0, 0.1) is 11.8 Å². The van der Waals surface area contributed by atoms with Crippen LogP contribution < -0.4 is 32.7 Å². The molecule has 2 unspecified atom stereocenters. The van der Waals surface area contributed by atoms with Crippen molar-refractivity contribution in [3.8, 4) is 0 Å². The summed E-state index contributed by atoms with van der Waals surface area (Å²) in [6, 6.07) is -4.45. The average Bonchev–Trinajstić information content (AvgIpc) is 2.85. The Labute approximate surface area is 229 Å². The third-order valence-corrected chi connectivity index (χ3v) is 6.63. The lowest BCUT2D eigenvalue weighted by Gasteiger charge is -2.29. The summed E-state index contributed by atoms with van der Waals surface area (Å²) in [5.74, 6) is -3.82. The lowest BCUT2D eigenvalue weighted by molar-refractivity contribution is -0.135. The minimum atomic E-state index is -1.30. The highest BCUT2D eigenvalue weighted by Gasteiger charge is 2.32. The van der Waals surface area contributed by atoms with E-state index in [0.717, 1.165) is 32.1 Å². The van der Waals surface area contributed by atoms with Gasteiger partial charge in [-0.15, -0.1) is 0 Å². The summed E-state index contributed by atoms with van der Waals surface area (Å²) in [6.45, 7) is 4.92. The molecule has 1 fully saturated rings. The Balaban J connectivity index is 3.10. The predicted molar refractivity (Wildman–Crippen MR) is 142 cm³/mol. The first kappa shape index (κ1) is 33.5. The zero-order valence-corrected chi connectivity index (χ0v) is 23.1. The van der Waals surface area contributed by atoms with E-state index < -0.39 is 59.6 Å². The van der Waals surface area contributed by atoms with Crippen LogP contribution in [-0.4, -0.2) is 65.9 Å². The Bertz CT molecular complexity index is 888. The largest absolute Gasteiger partial charge is 0.370 e. The van der Waals surface area contributed by atoms with Crippen molar-refractivity contribution in [2.24, 2.45) is 23.3 Å². The summed E-state index contributed by atoms with van der Waals surface area (Å²) in [4.78, 5) is 85.4. The van der Waals surface area contributed by atoms with Crippen LogP contribution in [0.15, 0.2) is 0 Å². The van der Waals surface area contributed by atoms with Crippen LogP contribution in [0.4, 0.5) is 0 Å². The smallest absolute Gasteiger partial charge is 0.243 e. The van der Waals surface area contributed by atoms with Crippen LogP contribution in [0.25, 0.3) is 0 Å². The topological polar surface area (TPSA) is 220 Å². The molecular formula is C26H44N6O7. The average molecular weight is 553 g/mol. The lowest BCUT2D eigenvalue weighted by atomic mass is 9.84. The van der Waals surface area contributed by atoms with Crippen molar-refractivity contribution < 1.29 is 33.6 Å². The molecule has 0 bridgehead atoms. The molecule has 0 spiro atoms. The molecule has 0 radical (unpaired) electrons. The van der Waals surface area contributed by atoms with Crippen LogP contribution in [0.3, 0.4) is 0 Å². The number of nitrogens with one attached hydrogen (secondary N) is 4. The number of rotatable bonds is 17. The van der Waals surface area contributed by atoms with Gasteiger partial charge in [-0.2, -0.15) is 0 Å². The van der Waals surface area contributed by atoms with Crippen molar-refractivity contribution in [2.75, 3.05) is 0 Å². The van der Waals surface area contributed by atoms with Gasteiger partial charge >= 0.3 is 0 Å². The summed E-state index contributed by atoms with van der Waals surface area (Å²) in [5, 5.41) is 10.1. The molecule has 1 aliphatic rings. The Morgan fingerprint density at radius 1 is 0.795 bits per heavy atom. The van der Waals surface area contributed by atoms with Gasteiger partial charge in [0.25, 0.3) is 0 Å². The maximum atomic E-state index is 13.4. The number of hydrogen-bond acceptors (Lipinski definition) is 7. The fraction of sp³-hybridized carbons (Fsp3) is 0.731. The van der Waals surface area contributed by atoms with Crippen LogP contribution >= 0.6 is 0 Å². The molecule has 6 amide bonds. The number of hydrogen-bond donors (Lipinski definition) is 6. The summed E-state index contributed by atoms with van der Waals surface area (Å²) in [7, 11) is 0. The van der Waals surface area contributed by atoms with E-state index >= 15 is 0 Å². The molecule has 0 aromatic carbocycles. The van der Waals surface area contributed by atoms with Crippen molar-refractivity contribution in [1.29, 1.82) is 0 Å². The molecule has 8 N–H and O–H groups in total. The van der Waals surface area contributed by atoms with Gasteiger partial charge in [0.2, 0.25) is 35.4 Å². The summed E-state index contributed by atoms with van der Waals surface area (Å²) in [5.41, 5.74) is 10.6. The fourth-order valence-corrected chi connectivity index (χ4v) is 4.65. The highest BCUT2D eigenvalue weighted by Crippen LogP contribution is 2.27. The molecule has 0 saturated heterocycles. The normalized spacial score (nSPS) is 16.7. The number of amides is 6. The molecule has 1 saturated carbocycles. The molecule has 1 aliphatic carbocycles. The molecular weight excluding hydrogens is 508 g/mol. The van der Waals surface area contributed by atoms with Gasteiger partial charge in [0.15, 0.2) is 0 Å². The molecule has 0 aliphatic heterocycles. The monoisotopic (exact) mass is 552 g/mol. The molecule has 13 heteroatoms. The summed E-state index contributed by atoms with van der Waals surface area (Å²) in [6.07, 6.45) is 5.24. The van der Waals surface area contributed by atoms with Gasteiger partial charge in [-0.1, -0.05) is 46.0 Å². The quantitative estimate of drug-likeness (QED) is 0.127. The van der Waals surface area contributed by atoms with Crippen molar-refractivity contribution in [3.63, 3.8) is 0 Å².